The highest BCUT2D eigenvalue weighted by Gasteiger charge is 2.25. The zero-order valence-corrected chi connectivity index (χ0v) is 11.2. The Hall–Kier alpha value is -1.53. The van der Waals surface area contributed by atoms with Crippen LogP contribution in [0.15, 0.2) is 18.2 Å². The first-order valence-corrected chi connectivity index (χ1v) is 6.66. The second kappa shape index (κ2) is 5.41. The maximum absolute atomic E-state index is 8.98. The van der Waals surface area contributed by atoms with E-state index in [4.69, 9.17) is 11.0 Å². The van der Waals surface area contributed by atoms with Crippen molar-refractivity contribution in [3.8, 4) is 6.07 Å². The largest absolute Gasteiger partial charge is 0.367 e. The van der Waals surface area contributed by atoms with Crippen molar-refractivity contribution in [3.05, 3.63) is 29.3 Å². The van der Waals surface area contributed by atoms with Crippen molar-refractivity contribution in [1.29, 1.82) is 5.26 Å². The van der Waals surface area contributed by atoms with Crippen molar-refractivity contribution >= 4 is 5.69 Å². The van der Waals surface area contributed by atoms with Crippen LogP contribution in [0.5, 0.6) is 0 Å². The lowest BCUT2D eigenvalue weighted by molar-refractivity contribution is 0.413. The first kappa shape index (κ1) is 12.9. The number of hydrogen-bond acceptors (Lipinski definition) is 3. The summed E-state index contributed by atoms with van der Waals surface area (Å²) in [5.74, 6) is 0. The summed E-state index contributed by atoms with van der Waals surface area (Å²) in [5.41, 5.74) is 9.10. The van der Waals surface area contributed by atoms with Crippen LogP contribution in [0.25, 0.3) is 0 Å². The third-order valence-corrected chi connectivity index (χ3v) is 3.82. The molecule has 96 valence electrons. The quantitative estimate of drug-likeness (QED) is 0.868. The molecule has 2 N–H and O–H groups in total. The SMILES string of the molecule is Cc1cc(N2CCCCC2C(C)N)ccc1C#N. The van der Waals surface area contributed by atoms with Gasteiger partial charge in [0, 0.05) is 24.3 Å². The molecule has 0 aliphatic carbocycles. The van der Waals surface area contributed by atoms with E-state index in [1.165, 1.54) is 18.5 Å². The second-order valence-electron chi connectivity index (χ2n) is 5.23. The summed E-state index contributed by atoms with van der Waals surface area (Å²) in [4.78, 5) is 2.41. The summed E-state index contributed by atoms with van der Waals surface area (Å²) < 4.78 is 0. The fraction of sp³-hybridized carbons (Fsp3) is 0.533. The Balaban J connectivity index is 2.29. The molecular weight excluding hydrogens is 222 g/mol. The Morgan fingerprint density at radius 3 is 2.83 bits per heavy atom. The van der Waals surface area contributed by atoms with Crippen molar-refractivity contribution in [1.82, 2.24) is 0 Å². The van der Waals surface area contributed by atoms with Gasteiger partial charge in [0.05, 0.1) is 11.6 Å². The van der Waals surface area contributed by atoms with Crippen molar-refractivity contribution in [2.24, 2.45) is 5.73 Å². The standard InChI is InChI=1S/C15H21N3/c1-11-9-14(7-6-13(11)10-16)18-8-4-3-5-15(18)12(2)17/h6-7,9,12,15H,3-5,8,17H2,1-2H3. The molecule has 0 aromatic heterocycles. The van der Waals surface area contributed by atoms with Gasteiger partial charge in [-0.3, -0.25) is 0 Å². The zero-order chi connectivity index (χ0) is 13.1. The van der Waals surface area contributed by atoms with Gasteiger partial charge in [-0.05, 0) is 56.9 Å². The van der Waals surface area contributed by atoms with Gasteiger partial charge in [-0.15, -0.1) is 0 Å². The summed E-state index contributed by atoms with van der Waals surface area (Å²) in [6.07, 6.45) is 3.65. The van der Waals surface area contributed by atoms with E-state index in [2.05, 4.69) is 24.0 Å². The molecule has 2 rings (SSSR count). The minimum atomic E-state index is 0.182. The third kappa shape index (κ3) is 2.49. The number of nitrogens with zero attached hydrogens (tertiary/aromatic N) is 2. The molecule has 0 spiro atoms. The lowest BCUT2D eigenvalue weighted by Crippen LogP contribution is -2.49. The number of nitrogens with two attached hydrogens (primary N) is 1. The van der Waals surface area contributed by atoms with Crippen LogP contribution in [-0.4, -0.2) is 18.6 Å². The number of piperidine rings is 1. The molecule has 1 aliphatic heterocycles. The van der Waals surface area contributed by atoms with Crippen molar-refractivity contribution < 1.29 is 0 Å². The minimum Gasteiger partial charge on any atom is -0.367 e. The van der Waals surface area contributed by atoms with Crippen LogP contribution in [0.4, 0.5) is 5.69 Å². The summed E-state index contributed by atoms with van der Waals surface area (Å²) in [6, 6.07) is 8.89. The maximum Gasteiger partial charge on any atom is 0.0994 e. The summed E-state index contributed by atoms with van der Waals surface area (Å²) >= 11 is 0. The smallest absolute Gasteiger partial charge is 0.0994 e. The molecular formula is C15H21N3. The highest BCUT2D eigenvalue weighted by atomic mass is 15.2. The van der Waals surface area contributed by atoms with Crippen LogP contribution in [0.3, 0.4) is 0 Å². The predicted molar refractivity (Wildman–Crippen MR) is 74.5 cm³/mol. The number of hydrogen-bond donors (Lipinski definition) is 1. The summed E-state index contributed by atoms with van der Waals surface area (Å²) in [6.45, 7) is 5.14. The van der Waals surface area contributed by atoms with E-state index >= 15 is 0 Å². The number of anilines is 1. The second-order valence-corrected chi connectivity index (χ2v) is 5.23. The monoisotopic (exact) mass is 243 g/mol. The van der Waals surface area contributed by atoms with Gasteiger partial charge in [0.25, 0.3) is 0 Å². The minimum absolute atomic E-state index is 0.182. The zero-order valence-electron chi connectivity index (χ0n) is 11.2. The Labute approximate surface area is 109 Å². The van der Waals surface area contributed by atoms with Crippen molar-refractivity contribution in [3.63, 3.8) is 0 Å². The van der Waals surface area contributed by atoms with Gasteiger partial charge < -0.3 is 10.6 Å². The van der Waals surface area contributed by atoms with Crippen LogP contribution >= 0.6 is 0 Å². The molecule has 1 aromatic carbocycles. The number of rotatable bonds is 2. The molecule has 2 atom stereocenters. The van der Waals surface area contributed by atoms with Crippen molar-refractivity contribution in [2.45, 2.75) is 45.2 Å². The predicted octanol–water partition coefficient (Wildman–Crippen LogP) is 2.57. The van der Waals surface area contributed by atoms with Gasteiger partial charge >= 0.3 is 0 Å². The van der Waals surface area contributed by atoms with E-state index in [0.29, 0.717) is 6.04 Å². The van der Waals surface area contributed by atoms with Crippen LogP contribution in [0.1, 0.15) is 37.3 Å². The molecule has 1 heterocycles. The molecule has 18 heavy (non-hydrogen) atoms. The van der Waals surface area contributed by atoms with E-state index in [-0.39, 0.29) is 6.04 Å². The summed E-state index contributed by atoms with van der Waals surface area (Å²) in [7, 11) is 0. The van der Waals surface area contributed by atoms with Crippen molar-refractivity contribution in [2.75, 3.05) is 11.4 Å². The molecule has 2 unspecified atom stereocenters. The highest BCUT2D eigenvalue weighted by Crippen LogP contribution is 2.27. The van der Waals surface area contributed by atoms with Gasteiger partial charge in [-0.25, -0.2) is 0 Å². The van der Waals surface area contributed by atoms with Gasteiger partial charge in [0.2, 0.25) is 0 Å². The topological polar surface area (TPSA) is 53.0 Å². The van der Waals surface area contributed by atoms with Gasteiger partial charge in [0.1, 0.15) is 0 Å². The van der Waals surface area contributed by atoms with Gasteiger partial charge in [-0.2, -0.15) is 5.26 Å². The molecule has 1 aromatic rings. The maximum atomic E-state index is 8.98. The summed E-state index contributed by atoms with van der Waals surface area (Å²) in [5, 5.41) is 8.98. The first-order valence-electron chi connectivity index (χ1n) is 6.66. The molecule has 0 radical (unpaired) electrons. The van der Waals surface area contributed by atoms with Crippen LogP contribution in [0.2, 0.25) is 0 Å². The molecule has 1 saturated heterocycles. The third-order valence-electron chi connectivity index (χ3n) is 3.82. The van der Waals surface area contributed by atoms with E-state index in [9.17, 15) is 0 Å². The van der Waals surface area contributed by atoms with Crippen LogP contribution in [-0.2, 0) is 0 Å². The average molecular weight is 243 g/mol. The van der Waals surface area contributed by atoms with E-state index in [1.54, 1.807) is 0 Å². The van der Waals surface area contributed by atoms with E-state index in [1.807, 2.05) is 19.1 Å². The molecule has 1 aliphatic rings. The Bertz CT molecular complexity index is 459. The molecule has 0 amide bonds. The fourth-order valence-electron chi connectivity index (χ4n) is 2.78. The van der Waals surface area contributed by atoms with E-state index in [0.717, 1.165) is 24.1 Å². The van der Waals surface area contributed by atoms with Gasteiger partial charge in [-0.1, -0.05) is 0 Å². The Kier molecular flexibility index (Phi) is 3.88. The molecule has 1 fully saturated rings. The van der Waals surface area contributed by atoms with Gasteiger partial charge in [0.15, 0.2) is 0 Å². The Morgan fingerprint density at radius 1 is 1.44 bits per heavy atom. The number of nitriles is 1. The van der Waals surface area contributed by atoms with Crippen LogP contribution in [0, 0.1) is 18.3 Å². The first-order chi connectivity index (χ1) is 8.63. The fourth-order valence-corrected chi connectivity index (χ4v) is 2.78. The van der Waals surface area contributed by atoms with Crippen LogP contribution < -0.4 is 10.6 Å². The normalized spacial score (nSPS) is 21.4. The number of aryl methyl sites for hydroxylation is 1. The lowest BCUT2D eigenvalue weighted by atomic mass is 9.95. The molecule has 3 nitrogen and oxygen atoms in total. The molecule has 0 bridgehead atoms. The molecule has 3 heteroatoms. The number of benzene rings is 1. The highest BCUT2D eigenvalue weighted by molar-refractivity contribution is 5.54. The van der Waals surface area contributed by atoms with E-state index < -0.39 is 0 Å². The Morgan fingerprint density at radius 2 is 2.22 bits per heavy atom. The lowest BCUT2D eigenvalue weighted by Gasteiger charge is -2.40. The molecule has 0 saturated carbocycles. The average Bonchev–Trinajstić information content (AvgIpc) is 2.38.